The summed E-state index contributed by atoms with van der Waals surface area (Å²) in [7, 11) is 0. The summed E-state index contributed by atoms with van der Waals surface area (Å²) in [4.78, 5) is 16.3. The van der Waals surface area contributed by atoms with E-state index in [2.05, 4.69) is 4.98 Å². The minimum absolute atomic E-state index is 0.349. The third kappa shape index (κ3) is 3.62. The molecule has 5 heteroatoms. The van der Waals surface area contributed by atoms with Crippen LogP contribution in [0.4, 0.5) is 0 Å². The quantitative estimate of drug-likeness (QED) is 0.829. The zero-order chi connectivity index (χ0) is 15.5. The van der Waals surface area contributed by atoms with Gasteiger partial charge in [-0.25, -0.2) is 4.98 Å². The van der Waals surface area contributed by atoms with Crippen LogP contribution in [-0.2, 0) is 10.3 Å². The number of aromatic nitrogens is 1. The molecule has 1 unspecified atom stereocenters. The summed E-state index contributed by atoms with van der Waals surface area (Å²) in [5, 5.41) is 0.847. The summed E-state index contributed by atoms with van der Waals surface area (Å²) in [5.41, 5.74) is 13.4. The molecule has 0 aliphatic rings. The Labute approximate surface area is 128 Å². The Hall–Kier alpha value is -1.85. The number of hydrogen-bond donors (Lipinski definition) is 2. The second-order valence-electron chi connectivity index (χ2n) is 5.11. The highest BCUT2D eigenvalue weighted by Gasteiger charge is 2.34. The van der Waals surface area contributed by atoms with Gasteiger partial charge >= 0.3 is 0 Å². The number of benzene rings is 1. The maximum absolute atomic E-state index is 11.8. The minimum Gasteiger partial charge on any atom is -0.368 e. The maximum Gasteiger partial charge on any atom is 0.243 e. The van der Waals surface area contributed by atoms with E-state index in [1.165, 1.54) is 11.8 Å². The highest BCUT2D eigenvalue weighted by Crippen LogP contribution is 2.27. The van der Waals surface area contributed by atoms with Crippen molar-refractivity contribution in [1.29, 1.82) is 0 Å². The van der Waals surface area contributed by atoms with E-state index in [1.54, 1.807) is 0 Å². The van der Waals surface area contributed by atoms with Gasteiger partial charge in [0.15, 0.2) is 0 Å². The van der Waals surface area contributed by atoms with Gasteiger partial charge in [0.25, 0.3) is 0 Å². The number of carbonyl (C=O) groups excluding carboxylic acids is 1. The van der Waals surface area contributed by atoms with Crippen LogP contribution in [0.15, 0.2) is 47.5 Å². The van der Waals surface area contributed by atoms with E-state index in [0.717, 1.165) is 21.8 Å². The molecule has 0 aliphatic heterocycles. The number of thioether (sulfide) groups is 1. The summed E-state index contributed by atoms with van der Waals surface area (Å²) in [6.45, 7) is 3.96. The lowest BCUT2D eigenvalue weighted by Crippen LogP contribution is -2.51. The monoisotopic (exact) mass is 301 g/mol. The van der Waals surface area contributed by atoms with Crippen molar-refractivity contribution in [2.24, 2.45) is 11.5 Å². The van der Waals surface area contributed by atoms with Gasteiger partial charge in [-0.3, -0.25) is 4.79 Å². The Balaban J connectivity index is 2.23. The van der Waals surface area contributed by atoms with E-state index in [-0.39, 0.29) is 0 Å². The molecular weight excluding hydrogens is 282 g/mol. The normalized spacial score (nSPS) is 13.7. The molecule has 0 aliphatic carbocycles. The molecule has 110 valence electrons. The Morgan fingerprint density at radius 3 is 2.48 bits per heavy atom. The molecule has 2 rings (SSSR count). The highest BCUT2D eigenvalue weighted by molar-refractivity contribution is 7.99. The molecule has 0 radical (unpaired) electrons. The van der Waals surface area contributed by atoms with Gasteiger partial charge in [0.05, 0.1) is 5.03 Å². The Bertz CT molecular complexity index is 625. The second-order valence-corrected chi connectivity index (χ2v) is 6.11. The van der Waals surface area contributed by atoms with Crippen molar-refractivity contribution >= 4 is 17.7 Å². The molecule has 1 heterocycles. The van der Waals surface area contributed by atoms with E-state index in [1.807, 2.05) is 56.3 Å². The van der Waals surface area contributed by atoms with Crippen LogP contribution in [0.2, 0.25) is 0 Å². The van der Waals surface area contributed by atoms with E-state index >= 15 is 0 Å². The number of hydrogen-bond acceptors (Lipinski definition) is 4. The van der Waals surface area contributed by atoms with E-state index in [9.17, 15) is 4.79 Å². The van der Waals surface area contributed by atoms with Gasteiger partial charge in [0.1, 0.15) is 5.54 Å². The topological polar surface area (TPSA) is 82.0 Å². The molecule has 2 aromatic rings. The van der Waals surface area contributed by atoms with Gasteiger partial charge in [-0.1, -0.05) is 30.3 Å². The summed E-state index contributed by atoms with van der Waals surface area (Å²) in [5.74, 6) is -0.187. The van der Waals surface area contributed by atoms with Crippen LogP contribution < -0.4 is 11.5 Å². The smallest absolute Gasteiger partial charge is 0.243 e. The van der Waals surface area contributed by atoms with Crippen LogP contribution in [0, 0.1) is 13.8 Å². The number of pyridine rings is 1. The molecule has 0 saturated heterocycles. The lowest BCUT2D eigenvalue weighted by atomic mass is 9.92. The molecule has 1 aromatic carbocycles. The third-order valence-corrected chi connectivity index (χ3v) is 4.36. The number of rotatable bonds is 5. The summed E-state index contributed by atoms with van der Waals surface area (Å²) in [6, 6.07) is 13.2. The molecule has 1 amide bonds. The minimum atomic E-state index is -1.20. The molecule has 1 atom stereocenters. The van der Waals surface area contributed by atoms with E-state index in [4.69, 9.17) is 11.5 Å². The van der Waals surface area contributed by atoms with Crippen molar-refractivity contribution in [3.05, 3.63) is 59.3 Å². The molecule has 4 N–H and O–H groups in total. The van der Waals surface area contributed by atoms with Gasteiger partial charge < -0.3 is 11.5 Å². The average Bonchev–Trinajstić information content (AvgIpc) is 2.44. The fourth-order valence-electron chi connectivity index (χ4n) is 2.10. The lowest BCUT2D eigenvalue weighted by molar-refractivity contribution is -0.122. The Kier molecular flexibility index (Phi) is 4.65. The first kappa shape index (κ1) is 15.5. The van der Waals surface area contributed by atoms with Crippen molar-refractivity contribution in [3.8, 4) is 0 Å². The standard InChI is InChI=1S/C16H19N3OS/c1-11-8-12(2)19-14(9-11)21-10-16(18,15(17)20)13-6-4-3-5-7-13/h3-9H,10,18H2,1-2H3,(H2,17,20). The predicted octanol–water partition coefficient (Wildman–Crippen LogP) is 2.13. The first-order valence-electron chi connectivity index (χ1n) is 6.64. The zero-order valence-electron chi connectivity index (χ0n) is 12.2. The van der Waals surface area contributed by atoms with Crippen LogP contribution in [0.3, 0.4) is 0 Å². The second kappa shape index (κ2) is 6.28. The number of primary amides is 1. The highest BCUT2D eigenvalue weighted by atomic mass is 32.2. The maximum atomic E-state index is 11.8. The number of aryl methyl sites for hydroxylation is 2. The van der Waals surface area contributed by atoms with Crippen LogP contribution >= 0.6 is 11.8 Å². The first-order chi connectivity index (χ1) is 9.91. The molecule has 1 aromatic heterocycles. The Morgan fingerprint density at radius 2 is 1.90 bits per heavy atom. The van der Waals surface area contributed by atoms with Crippen molar-refractivity contribution in [2.45, 2.75) is 24.4 Å². The molecule has 4 nitrogen and oxygen atoms in total. The van der Waals surface area contributed by atoms with Gasteiger partial charge in [0, 0.05) is 11.4 Å². The van der Waals surface area contributed by atoms with Crippen molar-refractivity contribution in [3.63, 3.8) is 0 Å². The molecule has 0 spiro atoms. The van der Waals surface area contributed by atoms with Gasteiger partial charge in [-0.2, -0.15) is 0 Å². The van der Waals surface area contributed by atoms with Gasteiger partial charge in [0.2, 0.25) is 5.91 Å². The molecular formula is C16H19N3OS. The van der Waals surface area contributed by atoms with Gasteiger partial charge in [-0.05, 0) is 37.1 Å². The number of amides is 1. The number of nitrogens with two attached hydrogens (primary N) is 2. The van der Waals surface area contributed by atoms with E-state index < -0.39 is 11.4 Å². The fourth-order valence-corrected chi connectivity index (χ4v) is 3.26. The molecule has 0 saturated carbocycles. The average molecular weight is 301 g/mol. The summed E-state index contributed by atoms with van der Waals surface area (Å²) in [6.07, 6.45) is 0. The fraction of sp³-hybridized carbons (Fsp3) is 0.250. The first-order valence-corrected chi connectivity index (χ1v) is 7.63. The van der Waals surface area contributed by atoms with Crippen LogP contribution in [0.25, 0.3) is 0 Å². The number of carbonyl (C=O) groups is 1. The summed E-state index contributed by atoms with van der Waals surface area (Å²) < 4.78 is 0. The SMILES string of the molecule is Cc1cc(C)nc(SCC(N)(C(N)=O)c2ccccc2)c1. The van der Waals surface area contributed by atoms with Crippen LogP contribution in [0.5, 0.6) is 0 Å². The third-order valence-electron chi connectivity index (χ3n) is 3.25. The Morgan fingerprint density at radius 1 is 1.24 bits per heavy atom. The van der Waals surface area contributed by atoms with Crippen LogP contribution in [0.1, 0.15) is 16.8 Å². The number of nitrogens with zero attached hydrogens (tertiary/aromatic N) is 1. The predicted molar refractivity (Wildman–Crippen MR) is 85.9 cm³/mol. The molecule has 21 heavy (non-hydrogen) atoms. The molecule has 0 fully saturated rings. The lowest BCUT2D eigenvalue weighted by Gasteiger charge is -2.26. The summed E-state index contributed by atoms with van der Waals surface area (Å²) >= 11 is 1.44. The van der Waals surface area contributed by atoms with Crippen molar-refractivity contribution in [1.82, 2.24) is 4.98 Å². The largest absolute Gasteiger partial charge is 0.368 e. The van der Waals surface area contributed by atoms with Crippen LogP contribution in [-0.4, -0.2) is 16.6 Å². The zero-order valence-corrected chi connectivity index (χ0v) is 13.0. The van der Waals surface area contributed by atoms with E-state index in [0.29, 0.717) is 5.75 Å². The van der Waals surface area contributed by atoms with Crippen molar-refractivity contribution in [2.75, 3.05) is 5.75 Å². The molecule has 0 bridgehead atoms. The van der Waals surface area contributed by atoms with Crippen molar-refractivity contribution < 1.29 is 4.79 Å². The van der Waals surface area contributed by atoms with Gasteiger partial charge in [-0.15, -0.1) is 11.8 Å².